The van der Waals surface area contributed by atoms with Crippen LogP contribution in [0.5, 0.6) is 0 Å². The fourth-order valence-electron chi connectivity index (χ4n) is 1.31. The largest absolute Gasteiger partial charge is 0.480 e. The van der Waals surface area contributed by atoms with Crippen LogP contribution in [0.25, 0.3) is 0 Å². The molecule has 0 spiro atoms. The molecular weight excluding hydrogens is 378 g/mol. The number of nitrogens with one attached hydrogen (secondary N) is 1. The van der Waals surface area contributed by atoms with E-state index in [1.807, 2.05) is 27.9 Å². The molecule has 0 radical (unpaired) electrons. The van der Waals surface area contributed by atoms with Crippen LogP contribution in [0.3, 0.4) is 0 Å². The van der Waals surface area contributed by atoms with Gasteiger partial charge in [-0.3, -0.25) is 4.79 Å². The Bertz CT molecular complexity index is 490. The highest BCUT2D eigenvalue weighted by molar-refractivity contribution is 14.1. The van der Waals surface area contributed by atoms with Crippen molar-refractivity contribution in [1.82, 2.24) is 5.32 Å². The number of carboxylic acids is 1. The molecule has 1 atom stereocenters. The summed E-state index contributed by atoms with van der Waals surface area (Å²) in [4.78, 5) is 22.4. The fourth-order valence-corrected chi connectivity index (χ4v) is 1.95. The average molecular weight is 387 g/mol. The molecule has 104 valence electrons. The highest BCUT2D eigenvalue weighted by Gasteiger charge is 2.36. The Kier molecular flexibility index (Phi) is 5.15. The molecule has 0 bridgehead atoms. The molecule has 1 rings (SSSR count). The number of carbonyl (C=O) groups excluding carboxylic acids is 1. The summed E-state index contributed by atoms with van der Waals surface area (Å²) in [6, 6.07) is 4.20. The van der Waals surface area contributed by atoms with Crippen LogP contribution in [-0.2, 0) is 4.79 Å². The van der Waals surface area contributed by atoms with Crippen LogP contribution in [0.1, 0.15) is 16.8 Å². The van der Waals surface area contributed by atoms with E-state index < -0.39 is 30.5 Å². The van der Waals surface area contributed by atoms with E-state index in [4.69, 9.17) is 5.11 Å². The van der Waals surface area contributed by atoms with Crippen molar-refractivity contribution in [3.63, 3.8) is 0 Å². The molecule has 0 aromatic heterocycles. The van der Waals surface area contributed by atoms with Crippen molar-refractivity contribution in [3.05, 3.63) is 33.4 Å². The van der Waals surface area contributed by atoms with Gasteiger partial charge in [-0.25, -0.2) is 4.79 Å². The number of benzene rings is 1. The van der Waals surface area contributed by atoms with Crippen molar-refractivity contribution in [3.8, 4) is 0 Å². The maximum Gasteiger partial charge on any atom is 0.391 e. The first-order chi connectivity index (χ1) is 8.70. The van der Waals surface area contributed by atoms with Crippen LogP contribution in [-0.4, -0.2) is 29.2 Å². The maximum atomic E-state index is 12.2. The Morgan fingerprint density at radius 3 is 2.37 bits per heavy atom. The molecule has 0 aliphatic carbocycles. The third kappa shape index (κ3) is 5.05. The number of carboxylic acid groups (broad SMARTS) is 1. The number of halogens is 4. The first-order valence-corrected chi connectivity index (χ1v) is 6.13. The van der Waals surface area contributed by atoms with E-state index in [-0.39, 0.29) is 5.56 Å². The van der Waals surface area contributed by atoms with Gasteiger partial charge in [0.1, 0.15) is 6.04 Å². The highest BCUT2D eigenvalue weighted by atomic mass is 127. The lowest BCUT2D eigenvalue weighted by molar-refractivity contribution is -0.157. The minimum Gasteiger partial charge on any atom is -0.480 e. The molecule has 0 aliphatic rings. The van der Waals surface area contributed by atoms with Gasteiger partial charge in [0.05, 0.1) is 12.0 Å². The van der Waals surface area contributed by atoms with Gasteiger partial charge < -0.3 is 10.4 Å². The van der Waals surface area contributed by atoms with E-state index in [1.54, 1.807) is 12.1 Å². The van der Waals surface area contributed by atoms with Crippen molar-refractivity contribution in [2.24, 2.45) is 0 Å². The topological polar surface area (TPSA) is 66.4 Å². The minimum atomic E-state index is -4.67. The molecule has 0 fully saturated rings. The lowest BCUT2D eigenvalue weighted by Crippen LogP contribution is -2.43. The molecule has 1 aromatic rings. The molecule has 1 amide bonds. The Hall–Kier alpha value is -1.32. The zero-order chi connectivity index (χ0) is 14.6. The van der Waals surface area contributed by atoms with Crippen LogP contribution in [0.15, 0.2) is 24.3 Å². The summed E-state index contributed by atoms with van der Waals surface area (Å²) >= 11 is 1.84. The summed E-state index contributed by atoms with van der Waals surface area (Å²) in [5, 5.41) is 10.6. The van der Waals surface area contributed by atoms with E-state index in [2.05, 4.69) is 0 Å². The summed E-state index contributed by atoms with van der Waals surface area (Å²) < 4.78 is 37.1. The average Bonchev–Trinajstić information content (AvgIpc) is 2.26. The van der Waals surface area contributed by atoms with Crippen molar-refractivity contribution in [2.45, 2.75) is 18.6 Å². The third-order valence-corrected chi connectivity index (χ3v) is 3.10. The lowest BCUT2D eigenvalue weighted by Gasteiger charge is -2.16. The standard InChI is InChI=1S/C11H9F3INO3/c12-11(13,14)5-8(10(18)19)16-9(17)6-3-1-2-4-7(6)15/h1-4,8H,5H2,(H,16,17)(H,18,19). The smallest absolute Gasteiger partial charge is 0.391 e. The molecular formula is C11H9F3INO3. The van der Waals surface area contributed by atoms with Gasteiger partial charge in [-0.1, -0.05) is 12.1 Å². The summed E-state index contributed by atoms with van der Waals surface area (Å²) in [5.74, 6) is -2.57. The second kappa shape index (κ2) is 6.22. The number of hydrogen-bond donors (Lipinski definition) is 2. The number of amides is 1. The van der Waals surface area contributed by atoms with Crippen LogP contribution < -0.4 is 5.32 Å². The molecule has 0 saturated carbocycles. The van der Waals surface area contributed by atoms with Crippen molar-refractivity contribution in [2.75, 3.05) is 0 Å². The zero-order valence-electron chi connectivity index (χ0n) is 9.37. The number of alkyl halides is 3. The molecule has 1 unspecified atom stereocenters. The number of rotatable bonds is 4. The molecule has 4 nitrogen and oxygen atoms in total. The van der Waals surface area contributed by atoms with Crippen LogP contribution in [0, 0.1) is 3.57 Å². The summed E-state index contributed by atoms with van der Waals surface area (Å²) in [7, 11) is 0. The van der Waals surface area contributed by atoms with Crippen molar-refractivity contribution in [1.29, 1.82) is 0 Å². The third-order valence-electron chi connectivity index (χ3n) is 2.16. The van der Waals surface area contributed by atoms with Gasteiger partial charge in [0.25, 0.3) is 5.91 Å². The highest BCUT2D eigenvalue weighted by Crippen LogP contribution is 2.22. The Balaban J connectivity index is 2.83. The molecule has 0 aliphatic heterocycles. The second-order valence-electron chi connectivity index (χ2n) is 3.66. The molecule has 1 aromatic carbocycles. The van der Waals surface area contributed by atoms with Crippen LogP contribution in [0.4, 0.5) is 13.2 Å². The first-order valence-electron chi connectivity index (χ1n) is 5.05. The number of aliphatic carboxylic acids is 1. The SMILES string of the molecule is O=C(NC(CC(F)(F)F)C(=O)O)c1ccccc1I. The summed E-state index contributed by atoms with van der Waals surface area (Å²) in [5.41, 5.74) is 0.136. The van der Waals surface area contributed by atoms with Crippen LogP contribution in [0.2, 0.25) is 0 Å². The van der Waals surface area contributed by atoms with E-state index in [1.165, 1.54) is 12.1 Å². The molecule has 0 heterocycles. The van der Waals surface area contributed by atoms with Gasteiger partial charge in [0, 0.05) is 3.57 Å². The van der Waals surface area contributed by atoms with Gasteiger partial charge in [-0.15, -0.1) is 0 Å². The number of hydrogen-bond acceptors (Lipinski definition) is 2. The summed E-state index contributed by atoms with van der Waals surface area (Å²) in [6.45, 7) is 0. The van der Waals surface area contributed by atoms with Crippen molar-refractivity contribution < 1.29 is 27.9 Å². The Labute approximate surface area is 120 Å². The number of carbonyl (C=O) groups is 2. The van der Waals surface area contributed by atoms with E-state index in [9.17, 15) is 22.8 Å². The van der Waals surface area contributed by atoms with Gasteiger partial charge in [-0.05, 0) is 34.7 Å². The van der Waals surface area contributed by atoms with Gasteiger partial charge >= 0.3 is 12.1 Å². The molecule has 8 heteroatoms. The van der Waals surface area contributed by atoms with Gasteiger partial charge in [0.15, 0.2) is 0 Å². The fraction of sp³-hybridized carbons (Fsp3) is 0.273. The van der Waals surface area contributed by atoms with Crippen molar-refractivity contribution >= 4 is 34.5 Å². The normalized spacial score (nSPS) is 12.8. The predicted molar refractivity (Wildman–Crippen MR) is 68.7 cm³/mol. The first kappa shape index (κ1) is 15.7. The minimum absolute atomic E-state index is 0.136. The molecule has 19 heavy (non-hydrogen) atoms. The summed E-state index contributed by atoms with van der Waals surface area (Å²) in [6.07, 6.45) is -6.28. The quantitative estimate of drug-likeness (QED) is 0.781. The Morgan fingerprint density at radius 1 is 1.32 bits per heavy atom. The van der Waals surface area contributed by atoms with E-state index in [0.717, 1.165) is 0 Å². The van der Waals surface area contributed by atoms with Gasteiger partial charge in [-0.2, -0.15) is 13.2 Å². The van der Waals surface area contributed by atoms with Crippen LogP contribution >= 0.6 is 22.6 Å². The second-order valence-corrected chi connectivity index (χ2v) is 4.83. The van der Waals surface area contributed by atoms with E-state index >= 15 is 0 Å². The lowest BCUT2D eigenvalue weighted by atomic mass is 10.1. The Morgan fingerprint density at radius 2 is 1.89 bits per heavy atom. The molecule has 2 N–H and O–H groups in total. The predicted octanol–water partition coefficient (Wildman–Crippen LogP) is 2.43. The van der Waals surface area contributed by atoms with E-state index in [0.29, 0.717) is 3.57 Å². The zero-order valence-corrected chi connectivity index (χ0v) is 11.5. The maximum absolute atomic E-state index is 12.2. The monoisotopic (exact) mass is 387 g/mol. The molecule has 0 saturated heterocycles. The van der Waals surface area contributed by atoms with Gasteiger partial charge in [0.2, 0.25) is 0 Å².